The van der Waals surface area contributed by atoms with E-state index in [0.29, 0.717) is 21.8 Å². The van der Waals surface area contributed by atoms with Gasteiger partial charge in [0, 0.05) is 4.88 Å². The van der Waals surface area contributed by atoms with E-state index in [2.05, 4.69) is 20.5 Å². The lowest BCUT2D eigenvalue weighted by atomic mass is 10.2. The average Bonchev–Trinajstić information content (AvgIpc) is 3.15. The third-order valence-corrected chi connectivity index (χ3v) is 6.24. The summed E-state index contributed by atoms with van der Waals surface area (Å²) in [6.07, 6.45) is 2.70. The van der Waals surface area contributed by atoms with Crippen LogP contribution in [0.2, 0.25) is 0 Å². The quantitative estimate of drug-likeness (QED) is 0.738. The summed E-state index contributed by atoms with van der Waals surface area (Å²) in [5.74, 6) is -0.283. The van der Waals surface area contributed by atoms with Crippen molar-refractivity contribution in [2.45, 2.75) is 46.6 Å². The van der Waals surface area contributed by atoms with Crippen molar-refractivity contribution in [3.05, 3.63) is 32.1 Å². The number of hydrogen-bond donors (Lipinski definition) is 1. The number of fused-ring (bicyclic) bond motifs is 1. The van der Waals surface area contributed by atoms with E-state index in [4.69, 9.17) is 0 Å². The lowest BCUT2D eigenvalue weighted by molar-refractivity contribution is -0.119. The zero-order chi connectivity index (χ0) is 18.1. The number of carbonyl (C=O) groups excluding carboxylic acids is 1. The van der Waals surface area contributed by atoms with E-state index in [1.54, 1.807) is 0 Å². The molecule has 0 bridgehead atoms. The summed E-state index contributed by atoms with van der Waals surface area (Å²) >= 11 is 2.84. The maximum Gasteiger partial charge on any atom is 0.263 e. The maximum absolute atomic E-state index is 12.9. The van der Waals surface area contributed by atoms with E-state index < -0.39 is 6.04 Å². The van der Waals surface area contributed by atoms with E-state index in [9.17, 15) is 9.59 Å². The lowest BCUT2D eigenvalue weighted by Gasteiger charge is -2.16. The second-order valence-corrected chi connectivity index (χ2v) is 7.95. The zero-order valence-corrected chi connectivity index (χ0v) is 16.1. The molecule has 0 saturated heterocycles. The van der Waals surface area contributed by atoms with Gasteiger partial charge in [0.2, 0.25) is 11.0 Å². The monoisotopic (exact) mass is 377 g/mol. The van der Waals surface area contributed by atoms with Crippen molar-refractivity contribution in [3.8, 4) is 0 Å². The summed E-state index contributed by atoms with van der Waals surface area (Å²) in [5.41, 5.74) is 0.749. The fourth-order valence-corrected chi connectivity index (χ4v) is 4.28. The molecule has 132 valence electrons. The molecule has 0 spiro atoms. The van der Waals surface area contributed by atoms with Crippen LogP contribution < -0.4 is 10.9 Å². The van der Waals surface area contributed by atoms with Crippen molar-refractivity contribution >= 4 is 43.9 Å². The Kier molecular flexibility index (Phi) is 4.96. The Bertz CT molecular complexity index is 988. The van der Waals surface area contributed by atoms with Crippen LogP contribution in [0.5, 0.6) is 0 Å². The molecule has 3 aromatic rings. The molecular weight excluding hydrogens is 358 g/mol. The Morgan fingerprint density at radius 3 is 2.68 bits per heavy atom. The normalized spacial score (nSPS) is 12.5. The summed E-state index contributed by atoms with van der Waals surface area (Å²) in [4.78, 5) is 31.7. The minimum Gasteiger partial charge on any atom is -0.299 e. The summed E-state index contributed by atoms with van der Waals surface area (Å²) in [6.45, 7) is 7.73. The molecule has 0 fully saturated rings. The molecule has 0 radical (unpaired) electrons. The molecule has 3 aromatic heterocycles. The Morgan fingerprint density at radius 2 is 2.04 bits per heavy atom. The van der Waals surface area contributed by atoms with Gasteiger partial charge < -0.3 is 0 Å². The van der Waals surface area contributed by atoms with Gasteiger partial charge in [0.25, 0.3) is 5.56 Å². The Hall–Kier alpha value is -2.13. The van der Waals surface area contributed by atoms with Gasteiger partial charge >= 0.3 is 0 Å². The van der Waals surface area contributed by atoms with Gasteiger partial charge in [0.15, 0.2) is 0 Å². The Labute approximate surface area is 152 Å². The van der Waals surface area contributed by atoms with E-state index in [0.717, 1.165) is 21.9 Å². The molecule has 0 aromatic carbocycles. The lowest BCUT2D eigenvalue weighted by Crippen LogP contribution is -2.33. The zero-order valence-electron chi connectivity index (χ0n) is 14.5. The number of nitrogens with one attached hydrogen (secondary N) is 1. The highest BCUT2D eigenvalue weighted by Crippen LogP contribution is 2.26. The first-order valence-corrected chi connectivity index (χ1v) is 9.69. The van der Waals surface area contributed by atoms with Crippen molar-refractivity contribution in [2.24, 2.45) is 0 Å². The van der Waals surface area contributed by atoms with Gasteiger partial charge in [0.1, 0.15) is 15.9 Å². The summed E-state index contributed by atoms with van der Waals surface area (Å²) in [7, 11) is 0. The van der Waals surface area contributed by atoms with Crippen LogP contribution in [-0.2, 0) is 11.2 Å². The van der Waals surface area contributed by atoms with Crippen molar-refractivity contribution in [2.75, 3.05) is 5.32 Å². The maximum atomic E-state index is 12.9. The predicted octanol–water partition coefficient (Wildman–Crippen LogP) is 3.08. The van der Waals surface area contributed by atoms with Gasteiger partial charge in [-0.1, -0.05) is 25.2 Å². The third-order valence-electron chi connectivity index (χ3n) is 4.14. The topological polar surface area (TPSA) is 89.8 Å². The Morgan fingerprint density at radius 1 is 1.28 bits per heavy atom. The highest BCUT2D eigenvalue weighted by Gasteiger charge is 2.23. The molecule has 1 amide bonds. The van der Waals surface area contributed by atoms with Crippen molar-refractivity contribution < 1.29 is 4.79 Å². The molecular formula is C16H19N5O2S2. The molecule has 0 aliphatic carbocycles. The molecule has 25 heavy (non-hydrogen) atoms. The first-order valence-electron chi connectivity index (χ1n) is 8.06. The second-order valence-electron chi connectivity index (χ2n) is 5.69. The van der Waals surface area contributed by atoms with Crippen LogP contribution in [0.4, 0.5) is 5.13 Å². The summed E-state index contributed by atoms with van der Waals surface area (Å²) in [5, 5.41) is 12.6. The van der Waals surface area contributed by atoms with Gasteiger partial charge in [-0.3, -0.25) is 19.5 Å². The Balaban J connectivity index is 1.96. The van der Waals surface area contributed by atoms with Gasteiger partial charge in [-0.2, -0.15) is 0 Å². The molecule has 3 rings (SSSR count). The van der Waals surface area contributed by atoms with Crippen LogP contribution in [0.15, 0.2) is 11.1 Å². The number of rotatable bonds is 5. The molecule has 7 nitrogen and oxygen atoms in total. The summed E-state index contributed by atoms with van der Waals surface area (Å²) < 4.78 is 1.42. The van der Waals surface area contributed by atoms with Gasteiger partial charge in [-0.05, 0) is 32.3 Å². The molecule has 1 atom stereocenters. The third kappa shape index (κ3) is 3.21. The second kappa shape index (κ2) is 7.01. The van der Waals surface area contributed by atoms with Gasteiger partial charge in [-0.25, -0.2) is 4.98 Å². The van der Waals surface area contributed by atoms with Crippen LogP contribution in [0, 0.1) is 13.8 Å². The van der Waals surface area contributed by atoms with E-state index in [-0.39, 0.29) is 11.5 Å². The number of carbonyl (C=O) groups is 1. The number of aryl methyl sites for hydroxylation is 3. The molecule has 9 heteroatoms. The van der Waals surface area contributed by atoms with E-state index in [1.807, 2.05) is 27.7 Å². The summed E-state index contributed by atoms with van der Waals surface area (Å²) in [6, 6.07) is -0.641. The largest absolute Gasteiger partial charge is 0.299 e. The molecule has 0 aliphatic rings. The number of aromatic nitrogens is 4. The minimum absolute atomic E-state index is 0.180. The van der Waals surface area contributed by atoms with E-state index >= 15 is 0 Å². The van der Waals surface area contributed by atoms with Gasteiger partial charge in [0.05, 0.1) is 11.7 Å². The average molecular weight is 377 g/mol. The van der Waals surface area contributed by atoms with Crippen LogP contribution in [-0.4, -0.2) is 25.7 Å². The van der Waals surface area contributed by atoms with Crippen molar-refractivity contribution in [3.63, 3.8) is 0 Å². The van der Waals surface area contributed by atoms with Crippen molar-refractivity contribution in [1.82, 2.24) is 19.7 Å². The van der Waals surface area contributed by atoms with Crippen LogP contribution in [0.1, 0.15) is 41.8 Å². The number of nitrogens with zero attached hydrogens (tertiary/aromatic N) is 4. The highest BCUT2D eigenvalue weighted by molar-refractivity contribution is 7.18. The highest BCUT2D eigenvalue weighted by atomic mass is 32.1. The molecule has 0 saturated carbocycles. The first kappa shape index (κ1) is 17.7. The fraction of sp³-hybridized carbons (Fsp3) is 0.438. The van der Waals surface area contributed by atoms with Gasteiger partial charge in [-0.15, -0.1) is 21.5 Å². The van der Waals surface area contributed by atoms with Crippen LogP contribution >= 0.6 is 22.7 Å². The standard InChI is InChI=1S/C16H19N5O2S2/c1-5-10(13(22)18-16-20-19-11(6-2)25-16)21-7-17-14-12(15(21)23)8(3)9(4)24-14/h7,10H,5-6H2,1-4H3,(H,18,20,22). The minimum atomic E-state index is -0.641. The first-order chi connectivity index (χ1) is 12.0. The van der Waals surface area contributed by atoms with Crippen LogP contribution in [0.25, 0.3) is 10.2 Å². The number of amides is 1. The fourth-order valence-electron chi connectivity index (χ4n) is 2.61. The number of thiophene rings is 1. The molecule has 0 aliphatic heterocycles. The predicted molar refractivity (Wildman–Crippen MR) is 101 cm³/mol. The molecule has 1 unspecified atom stereocenters. The number of hydrogen-bond acceptors (Lipinski definition) is 7. The number of anilines is 1. The SMILES string of the molecule is CCc1nnc(NC(=O)C(CC)n2cnc3sc(C)c(C)c3c2=O)s1. The van der Waals surface area contributed by atoms with Crippen molar-refractivity contribution in [1.29, 1.82) is 0 Å². The van der Waals surface area contributed by atoms with Crippen LogP contribution in [0.3, 0.4) is 0 Å². The molecule has 1 N–H and O–H groups in total. The van der Waals surface area contributed by atoms with E-state index in [1.165, 1.54) is 33.6 Å². The molecule has 3 heterocycles. The smallest absolute Gasteiger partial charge is 0.263 e.